The quantitative estimate of drug-likeness (QED) is 0.664. The Balaban J connectivity index is 3.87. The summed E-state index contributed by atoms with van der Waals surface area (Å²) in [7, 11) is 0. The molecule has 0 saturated heterocycles. The lowest BCUT2D eigenvalue weighted by molar-refractivity contribution is -0.117. The van der Waals surface area contributed by atoms with Crippen molar-refractivity contribution in [3.05, 3.63) is 0 Å². The molecule has 0 N–H and O–H groups in total. The molecule has 3 heteroatoms. The number of carbonyl (C=O) groups is 2. The first-order valence-electron chi connectivity index (χ1n) is 4.25. The predicted octanol–water partition coefficient (Wildman–Crippen LogP) is 2.41. The van der Waals surface area contributed by atoms with Crippen LogP contribution in [0, 0.1) is 0 Å². The number of carbonyl (C=O) groups excluding carboxylic acids is 2. The van der Waals surface area contributed by atoms with Gasteiger partial charge in [-0.2, -0.15) is 0 Å². The Morgan fingerprint density at radius 2 is 1.92 bits per heavy atom. The number of Topliss-reactive ketones (excluding diaryl/α,β-unsaturated/α-hetero) is 1. The van der Waals surface area contributed by atoms with Crippen LogP contribution in [0.1, 0.15) is 40.0 Å². The van der Waals surface area contributed by atoms with E-state index in [1.165, 1.54) is 6.92 Å². The van der Waals surface area contributed by atoms with Crippen molar-refractivity contribution in [2.75, 3.05) is 0 Å². The van der Waals surface area contributed by atoms with Crippen molar-refractivity contribution >= 4 is 22.7 Å². The minimum absolute atomic E-state index is 0.0336. The molecule has 1 unspecified atom stereocenters. The van der Waals surface area contributed by atoms with Gasteiger partial charge in [0.1, 0.15) is 5.78 Å². The van der Waals surface area contributed by atoms with Crippen molar-refractivity contribution in [1.82, 2.24) is 0 Å². The zero-order chi connectivity index (χ0) is 9.56. The molecule has 12 heavy (non-hydrogen) atoms. The Morgan fingerprint density at radius 1 is 1.33 bits per heavy atom. The van der Waals surface area contributed by atoms with Crippen LogP contribution in [-0.2, 0) is 9.59 Å². The number of hydrogen-bond acceptors (Lipinski definition) is 3. The third-order valence-corrected chi connectivity index (χ3v) is 2.77. The van der Waals surface area contributed by atoms with Crippen molar-refractivity contribution in [3.63, 3.8) is 0 Å². The summed E-state index contributed by atoms with van der Waals surface area (Å²) < 4.78 is 0. The van der Waals surface area contributed by atoms with Gasteiger partial charge in [-0.15, -0.1) is 0 Å². The van der Waals surface area contributed by atoms with E-state index in [4.69, 9.17) is 0 Å². The van der Waals surface area contributed by atoms with Gasteiger partial charge in [0.15, 0.2) is 5.12 Å². The van der Waals surface area contributed by atoms with Crippen molar-refractivity contribution in [3.8, 4) is 0 Å². The lowest BCUT2D eigenvalue weighted by Gasteiger charge is -2.09. The lowest BCUT2D eigenvalue weighted by Crippen LogP contribution is -2.15. The number of rotatable bonds is 5. The van der Waals surface area contributed by atoms with E-state index in [-0.39, 0.29) is 16.1 Å². The SMILES string of the molecule is CCCCC(SC(C)=O)C(C)=O. The van der Waals surface area contributed by atoms with Crippen LogP contribution < -0.4 is 0 Å². The minimum Gasteiger partial charge on any atom is -0.299 e. The first kappa shape index (κ1) is 11.7. The third-order valence-electron chi connectivity index (χ3n) is 1.58. The monoisotopic (exact) mass is 188 g/mol. The van der Waals surface area contributed by atoms with Crippen LogP contribution in [0.5, 0.6) is 0 Å². The molecule has 70 valence electrons. The highest BCUT2D eigenvalue weighted by atomic mass is 32.2. The third kappa shape index (κ3) is 5.35. The molecule has 2 nitrogen and oxygen atoms in total. The van der Waals surface area contributed by atoms with Crippen molar-refractivity contribution in [2.24, 2.45) is 0 Å². The molecule has 0 aliphatic carbocycles. The van der Waals surface area contributed by atoms with Crippen molar-refractivity contribution < 1.29 is 9.59 Å². The standard InChI is InChI=1S/C9H16O2S/c1-4-5-6-9(7(2)10)12-8(3)11/h9H,4-6H2,1-3H3. The molecule has 0 aromatic heterocycles. The van der Waals surface area contributed by atoms with Crippen LogP contribution in [0.2, 0.25) is 0 Å². The van der Waals surface area contributed by atoms with E-state index in [0.29, 0.717) is 0 Å². The van der Waals surface area contributed by atoms with E-state index >= 15 is 0 Å². The number of ketones is 1. The second kappa shape index (κ2) is 6.23. The van der Waals surface area contributed by atoms with Crippen LogP contribution in [0.25, 0.3) is 0 Å². The van der Waals surface area contributed by atoms with Gasteiger partial charge in [0, 0.05) is 6.92 Å². The van der Waals surface area contributed by atoms with E-state index in [1.807, 2.05) is 0 Å². The zero-order valence-corrected chi connectivity index (χ0v) is 8.74. The second-order valence-electron chi connectivity index (χ2n) is 2.85. The molecule has 0 saturated carbocycles. The molecule has 1 atom stereocenters. The van der Waals surface area contributed by atoms with Crippen LogP contribution >= 0.6 is 11.8 Å². The van der Waals surface area contributed by atoms with E-state index in [2.05, 4.69) is 6.92 Å². The first-order valence-corrected chi connectivity index (χ1v) is 5.13. The van der Waals surface area contributed by atoms with Crippen LogP contribution in [0.15, 0.2) is 0 Å². The second-order valence-corrected chi connectivity index (χ2v) is 4.23. The largest absolute Gasteiger partial charge is 0.299 e. The number of thioether (sulfide) groups is 1. The van der Waals surface area contributed by atoms with E-state index in [9.17, 15) is 9.59 Å². The average molecular weight is 188 g/mol. The highest BCUT2D eigenvalue weighted by molar-refractivity contribution is 8.14. The van der Waals surface area contributed by atoms with Gasteiger partial charge in [0.2, 0.25) is 0 Å². The van der Waals surface area contributed by atoms with E-state index in [0.717, 1.165) is 31.0 Å². The molecule has 0 fully saturated rings. The normalized spacial score (nSPS) is 12.6. The van der Waals surface area contributed by atoms with Gasteiger partial charge in [0.25, 0.3) is 0 Å². The van der Waals surface area contributed by atoms with Gasteiger partial charge in [0.05, 0.1) is 5.25 Å². The molecule has 0 spiro atoms. The molecule has 0 aromatic carbocycles. The summed E-state index contributed by atoms with van der Waals surface area (Å²) in [6, 6.07) is 0. The summed E-state index contributed by atoms with van der Waals surface area (Å²) in [5, 5.41) is -0.0752. The maximum absolute atomic E-state index is 11.0. The molecule has 0 aliphatic rings. The summed E-state index contributed by atoms with van der Waals surface area (Å²) in [4.78, 5) is 21.7. The Hall–Kier alpha value is -0.310. The maximum Gasteiger partial charge on any atom is 0.186 e. The van der Waals surface area contributed by atoms with Crippen LogP contribution in [0.4, 0.5) is 0 Å². The van der Waals surface area contributed by atoms with E-state index < -0.39 is 0 Å². The Morgan fingerprint density at radius 3 is 2.25 bits per heavy atom. The molecule has 0 bridgehead atoms. The smallest absolute Gasteiger partial charge is 0.186 e. The summed E-state index contributed by atoms with van der Waals surface area (Å²) >= 11 is 1.16. The Kier molecular flexibility index (Phi) is 6.07. The van der Waals surface area contributed by atoms with Crippen molar-refractivity contribution in [1.29, 1.82) is 0 Å². The van der Waals surface area contributed by atoms with E-state index in [1.54, 1.807) is 6.92 Å². The summed E-state index contributed by atoms with van der Waals surface area (Å²) in [5.41, 5.74) is 0. The summed E-state index contributed by atoms with van der Waals surface area (Å²) in [6.07, 6.45) is 2.92. The number of hydrogen-bond donors (Lipinski definition) is 0. The van der Waals surface area contributed by atoms with Crippen LogP contribution in [0.3, 0.4) is 0 Å². The Bertz CT molecular complexity index is 166. The zero-order valence-electron chi connectivity index (χ0n) is 7.92. The molecule has 0 heterocycles. The molecule has 0 aromatic rings. The molecule has 0 amide bonds. The van der Waals surface area contributed by atoms with Gasteiger partial charge in [-0.3, -0.25) is 9.59 Å². The number of unbranched alkanes of at least 4 members (excludes halogenated alkanes) is 1. The molecule has 0 rings (SSSR count). The molecule has 0 aliphatic heterocycles. The fourth-order valence-electron chi connectivity index (χ4n) is 0.935. The Labute approximate surface area is 78.1 Å². The van der Waals surface area contributed by atoms with Gasteiger partial charge >= 0.3 is 0 Å². The average Bonchev–Trinajstić information content (AvgIpc) is 1.96. The molecule has 0 radical (unpaired) electrons. The summed E-state index contributed by atoms with van der Waals surface area (Å²) in [6.45, 7) is 5.14. The fourth-order valence-corrected chi connectivity index (χ4v) is 1.79. The summed E-state index contributed by atoms with van der Waals surface area (Å²) in [5.74, 6) is 0.114. The predicted molar refractivity (Wildman–Crippen MR) is 52.3 cm³/mol. The molecular formula is C9H16O2S. The van der Waals surface area contributed by atoms with Crippen molar-refractivity contribution in [2.45, 2.75) is 45.3 Å². The van der Waals surface area contributed by atoms with Gasteiger partial charge in [-0.1, -0.05) is 31.5 Å². The lowest BCUT2D eigenvalue weighted by atomic mass is 10.1. The minimum atomic E-state index is -0.109. The van der Waals surface area contributed by atoms with Gasteiger partial charge in [-0.25, -0.2) is 0 Å². The van der Waals surface area contributed by atoms with Crippen LogP contribution in [-0.4, -0.2) is 16.1 Å². The highest BCUT2D eigenvalue weighted by Gasteiger charge is 2.15. The first-order chi connectivity index (χ1) is 5.57. The fraction of sp³-hybridized carbons (Fsp3) is 0.778. The van der Waals surface area contributed by atoms with Gasteiger partial charge < -0.3 is 0 Å². The molecular weight excluding hydrogens is 172 g/mol. The van der Waals surface area contributed by atoms with Gasteiger partial charge in [-0.05, 0) is 13.3 Å². The highest BCUT2D eigenvalue weighted by Crippen LogP contribution is 2.18. The maximum atomic E-state index is 11.0. The topological polar surface area (TPSA) is 34.1 Å².